The van der Waals surface area contributed by atoms with Crippen molar-refractivity contribution in [1.82, 2.24) is 40.2 Å². The standard InChI is InChI=1S/C13H18FN2O14P3.C12H15F2N2O14P3.C12H20FN2O14P3.C12H18FN2O14P3/c1-3-5-12(19)10(18)13(14,28-11(12)16-6-4-9(17)15-8(16)2)7-27-32(23,24)30-33(25,26)29-31(20,21)22;1-2-4-11(13)8(18)12(14,28-9(11)16-5-3-7(17)15-10(16)19)6-27-32(23,24)30-33(25,26)29-31(20,21)22;2*1-3-11(18)9(17)12(13,27-10(11)15-5-4-8(16)14-7(15)2)6-26-31(22,23)29-32(24,25)28-30(19,20)21/h4-6,10-11,18-19H,1-2,7H2,(H,15,17)(H,23,24)(H,25,26)(H2,20,21,22);3-5,8-9,18H,1,6H2,(H,23,24)(H,25,26)(H,15,17,19)(H2,20,21,22);4-5,9-10,17-18H,2-3,6H2,1H3,(H,14,16)(H,22,23)(H,24,25)(H2,19,20,21);3-5,9-10,17-18H,1-2,6H2,(H,14,16)(H,22,23)(H,24,25)(H2,19,20,21)/t10-,11+,12+,13+;8-,9+,11+,12+;2*9-,10+,11+,12+/m0000/s1. The number of hydrogen-bond acceptors (Lipinski definition) is 43. The summed E-state index contributed by atoms with van der Waals surface area (Å²) in [6.45, 7) is 14.2. The fourth-order valence-corrected chi connectivity index (χ4v) is 22.9. The van der Waals surface area contributed by atoms with Crippen molar-refractivity contribution in [2.45, 2.75) is 109 Å². The highest BCUT2D eigenvalue weighted by Gasteiger charge is 2.71. The number of aliphatic hydroxyl groups excluding tert-OH is 4. The number of aromatic nitrogens is 2. The van der Waals surface area contributed by atoms with Crippen molar-refractivity contribution < 1.29 is 277 Å². The van der Waals surface area contributed by atoms with Gasteiger partial charge in [-0.3, -0.25) is 46.8 Å². The third kappa shape index (κ3) is 30.3. The lowest BCUT2D eigenvalue weighted by molar-refractivity contribution is -0.207. The number of nitrogens with one attached hydrogen (secondary N) is 4. The van der Waals surface area contributed by atoms with Crippen LogP contribution in [-0.2, 0) is 141 Å². The van der Waals surface area contributed by atoms with E-state index in [-0.39, 0.29) is 23.9 Å². The van der Waals surface area contributed by atoms with Crippen molar-refractivity contribution in [1.29, 1.82) is 0 Å². The lowest BCUT2D eigenvalue weighted by atomic mass is 9.90. The van der Waals surface area contributed by atoms with Crippen LogP contribution >= 0.6 is 93.9 Å². The monoisotopic (exact) mass is 2130 g/mol. The maximum absolute atomic E-state index is 15.5. The molecule has 0 spiro atoms. The summed E-state index contributed by atoms with van der Waals surface area (Å²) >= 11 is 0. The number of amides is 3. The predicted molar refractivity (Wildman–Crippen MR) is 396 cm³/mol. The van der Waals surface area contributed by atoms with Gasteiger partial charge in [0.1, 0.15) is 55.6 Å². The van der Waals surface area contributed by atoms with Crippen molar-refractivity contribution in [2.75, 3.05) is 26.4 Å². The molecule has 4 saturated heterocycles. The Bertz CT molecular complexity index is 5520. The molecule has 1 aromatic rings. The number of carbonyl (C=O) groups excluding carboxylic acids is 3. The van der Waals surface area contributed by atoms with E-state index < -0.39 is 244 Å². The van der Waals surface area contributed by atoms with E-state index >= 15 is 22.0 Å². The molecule has 0 saturated carbocycles. The third-order valence-electron chi connectivity index (χ3n) is 15.9. The van der Waals surface area contributed by atoms with E-state index in [1.807, 2.05) is 5.73 Å². The molecule has 27 N–H and O–H groups in total. The molecule has 0 radical (unpaired) electrons. The second-order valence-electron chi connectivity index (χ2n) is 25.4. The molecule has 1 aromatic heterocycles. The number of carbonyl (C=O) groups is 3. The Morgan fingerprint density at radius 1 is 0.423 bits per heavy atom. The number of aromatic amines is 1. The van der Waals surface area contributed by atoms with Gasteiger partial charge in [-0.25, -0.2) is 81.5 Å². The largest absolute Gasteiger partial charge is 0.490 e. The summed E-state index contributed by atoms with van der Waals surface area (Å²) in [5.74, 6) is -16.6. The maximum atomic E-state index is 15.5. The summed E-state index contributed by atoms with van der Waals surface area (Å²) in [7, 11) is -69.4. The molecular formula is C49H71F5N8O56P12. The Labute approximate surface area is 717 Å². The van der Waals surface area contributed by atoms with Crippen molar-refractivity contribution in [3.8, 4) is 0 Å². The molecule has 8 heterocycles. The van der Waals surface area contributed by atoms with Gasteiger partial charge in [0, 0.05) is 55.2 Å². The van der Waals surface area contributed by atoms with Gasteiger partial charge >= 0.3 is 99.6 Å². The first-order valence-electron chi connectivity index (χ1n) is 32.6. The van der Waals surface area contributed by atoms with Gasteiger partial charge in [0.15, 0.2) is 54.4 Å². The molecule has 64 nitrogen and oxygen atoms in total. The second-order valence-corrected chi connectivity index (χ2v) is 43.1. The zero-order valence-corrected chi connectivity index (χ0v) is 74.3. The van der Waals surface area contributed by atoms with Gasteiger partial charge < -0.3 is 164 Å². The highest BCUT2D eigenvalue weighted by atomic mass is 31.3. The number of hydrogen-bond donors (Lipinski definition) is 27. The van der Waals surface area contributed by atoms with Crippen molar-refractivity contribution in [3.05, 3.63) is 157 Å². The first kappa shape index (κ1) is 115. The first-order chi connectivity index (χ1) is 58.4. The number of phosphoric acid groups is 12. The fraction of sp³-hybridized carbons (Fsp3) is 0.449. The van der Waals surface area contributed by atoms with Gasteiger partial charge in [-0.1, -0.05) is 52.5 Å². The van der Waals surface area contributed by atoms with Crippen LogP contribution in [0.3, 0.4) is 0 Å². The normalized spacial score (nSPS) is 33.6. The quantitative estimate of drug-likeness (QED) is 0.0138. The van der Waals surface area contributed by atoms with E-state index in [1.165, 1.54) is 6.92 Å². The molecule has 7 aliphatic heterocycles. The van der Waals surface area contributed by atoms with E-state index in [0.29, 0.717) is 29.0 Å². The first-order valence-corrected chi connectivity index (χ1v) is 50.7. The molecule has 8 unspecified atom stereocenters. The number of halogens is 5. The summed E-state index contributed by atoms with van der Waals surface area (Å²) in [6, 6.07) is 0.722. The van der Waals surface area contributed by atoms with E-state index in [2.05, 4.69) is 114 Å². The summed E-state index contributed by atoms with van der Waals surface area (Å²) in [4.78, 5) is 204. The second kappa shape index (κ2) is 41.1. The van der Waals surface area contributed by atoms with Crippen molar-refractivity contribution in [3.63, 3.8) is 0 Å². The minimum absolute atomic E-state index is 0.168. The molecule has 0 aliphatic carbocycles. The van der Waals surface area contributed by atoms with E-state index in [9.17, 15) is 134 Å². The van der Waals surface area contributed by atoms with Crippen LogP contribution in [0.15, 0.2) is 145 Å². The number of ether oxygens (including phenoxy) is 4. The summed E-state index contributed by atoms with van der Waals surface area (Å²) in [5, 5.41) is 80.1. The number of phosphoric ester groups is 4. The van der Waals surface area contributed by atoms with Gasteiger partial charge in [0.2, 0.25) is 5.67 Å². The molecule has 81 heteroatoms. The number of rotatable bonds is 36. The van der Waals surface area contributed by atoms with Gasteiger partial charge in [0.25, 0.3) is 46.7 Å². The molecule has 4 fully saturated rings. The Kier molecular flexibility index (Phi) is 36.4. The molecule has 738 valence electrons. The SMILES string of the molecule is C=C1NC(=O)C=CN1[C@@H]1O[C@](F)(COP(=O)(O)OP(=O)(O)OP(=O)(O)O)[C@@H](O)[C@]1(O)CC.C=C=C[C@]1(F)[C@H](n2ccc(=O)[nH]c2=O)O[C@](F)(COP(=O)(O)OP(=O)(O)OP(=O)(O)O)[C@H]1O.C=C=C[C@]1(O)[C@H](N2C=CC(=O)NC2=C)O[C@](F)(COP(=O)(O)OP(=O)(O)OP(=O)(O)O)[C@H]1O.C=C[C@]1(O)[C@H](N2C=CC(=O)NC2=C)O[C@](F)(COP(=O)(O)OP(=O)(O)OP(=O)(O)O)[C@H]1O. The van der Waals surface area contributed by atoms with Crippen LogP contribution in [0.25, 0.3) is 0 Å². The number of aliphatic hydroxyl groups is 7. The Morgan fingerprint density at radius 3 is 0.985 bits per heavy atom. The molecule has 3 amide bonds. The number of alkyl halides is 5. The Hall–Kier alpha value is -5.44. The molecule has 130 heavy (non-hydrogen) atoms. The summed E-state index contributed by atoms with van der Waals surface area (Å²) in [5.41, 5.74) is -9.24. The molecule has 0 bridgehead atoms. The number of H-pyrrole nitrogens is 1. The van der Waals surface area contributed by atoms with Gasteiger partial charge in [0.05, 0.1) is 0 Å². The van der Waals surface area contributed by atoms with Crippen LogP contribution in [0.1, 0.15) is 19.6 Å². The van der Waals surface area contributed by atoms with Crippen LogP contribution in [0.4, 0.5) is 22.0 Å². The van der Waals surface area contributed by atoms with Crippen LogP contribution < -0.4 is 27.2 Å². The highest BCUT2D eigenvalue weighted by molar-refractivity contribution is 7.68. The summed E-state index contributed by atoms with van der Waals surface area (Å²) < 4.78 is 276. The van der Waals surface area contributed by atoms with E-state index in [0.717, 1.165) is 57.6 Å². The highest BCUT2D eigenvalue weighted by Crippen LogP contribution is 2.71. The average molecular weight is 2130 g/mol. The molecule has 0 aromatic carbocycles. The van der Waals surface area contributed by atoms with E-state index in [1.54, 1.807) is 4.98 Å². The van der Waals surface area contributed by atoms with Crippen LogP contribution in [0.2, 0.25) is 0 Å². The zero-order valence-electron chi connectivity index (χ0n) is 63.6. The average Bonchev–Trinajstić information content (AvgIpc) is 1.59. The molecule has 7 aliphatic rings. The predicted octanol–water partition coefficient (Wildman–Crippen LogP) is -3.00. The minimum atomic E-state index is -5.95. The van der Waals surface area contributed by atoms with Crippen molar-refractivity contribution in [2.24, 2.45) is 0 Å². The Balaban J connectivity index is 0.000000307. The fourth-order valence-electron chi connectivity index (χ4n) is 10.7. The summed E-state index contributed by atoms with van der Waals surface area (Å²) in [6.07, 6.45) is -10.3. The lowest BCUT2D eigenvalue weighted by Gasteiger charge is -2.38. The maximum Gasteiger partial charge on any atom is 0.490 e. The zero-order chi connectivity index (χ0) is 100. The van der Waals surface area contributed by atoms with Gasteiger partial charge in [-0.05, 0) is 12.5 Å². The van der Waals surface area contributed by atoms with Crippen LogP contribution in [0.5, 0.6) is 0 Å². The molecular weight excluding hydrogens is 2060 g/mol. The topological polar surface area (TPSA) is 970 Å². The third-order valence-corrected chi connectivity index (χ3v) is 31.0. The molecule has 24 atom stereocenters. The number of nitrogens with zero attached hydrogens (tertiary/aromatic N) is 4. The van der Waals surface area contributed by atoms with Crippen LogP contribution in [-0.4, -0.2) is 271 Å². The Morgan fingerprint density at radius 2 is 0.700 bits per heavy atom. The van der Waals surface area contributed by atoms with Gasteiger partial charge in [-0.15, -0.1) is 11.5 Å². The smallest absolute Gasteiger partial charge is 0.384 e. The van der Waals surface area contributed by atoms with Crippen molar-refractivity contribution >= 4 is 112 Å². The van der Waals surface area contributed by atoms with Crippen LogP contribution in [0, 0.1) is 0 Å². The minimum Gasteiger partial charge on any atom is -0.384 e. The lowest BCUT2D eigenvalue weighted by Crippen LogP contribution is -2.56. The molecule has 8 rings (SSSR count). The van der Waals surface area contributed by atoms with E-state index in [4.69, 9.17) is 77.7 Å². The van der Waals surface area contributed by atoms with Gasteiger partial charge in [-0.2, -0.15) is 34.5 Å².